The van der Waals surface area contributed by atoms with Gasteiger partial charge in [-0.3, -0.25) is 9.36 Å². The first-order valence-electron chi connectivity index (χ1n) is 8.36. The summed E-state index contributed by atoms with van der Waals surface area (Å²) in [6.45, 7) is 1.35. The molecular weight excluding hydrogens is 450 g/mol. The van der Waals surface area contributed by atoms with Crippen LogP contribution in [0, 0.1) is 18.6 Å². The van der Waals surface area contributed by atoms with E-state index in [0.29, 0.717) is 5.69 Å². The third kappa shape index (κ3) is 4.34. The van der Waals surface area contributed by atoms with E-state index < -0.39 is 23.2 Å². The van der Waals surface area contributed by atoms with Crippen LogP contribution in [0.1, 0.15) is 21.7 Å². The Kier molecular flexibility index (Phi) is 6.07. The number of methoxy groups -OCH3 is 1. The third-order valence-corrected chi connectivity index (χ3v) is 4.75. The van der Waals surface area contributed by atoms with Crippen LogP contribution >= 0.6 is 15.9 Å². The highest BCUT2D eigenvalue weighted by Crippen LogP contribution is 2.22. The number of hydrogen-bond donors (Lipinski definition) is 0. The molecule has 0 saturated carbocycles. The van der Waals surface area contributed by atoms with Gasteiger partial charge in [0.2, 0.25) is 5.88 Å². The molecule has 0 aliphatic heterocycles. The number of carbonyl (C=O) groups excluding carboxylic acids is 1. The Balaban J connectivity index is 1.95. The van der Waals surface area contributed by atoms with E-state index >= 15 is 0 Å². The van der Waals surface area contributed by atoms with Gasteiger partial charge in [0.25, 0.3) is 5.56 Å². The molecule has 3 rings (SSSR count). The van der Waals surface area contributed by atoms with Gasteiger partial charge in [0.15, 0.2) is 0 Å². The molecule has 9 heteroatoms. The zero-order valence-electron chi connectivity index (χ0n) is 15.4. The first kappa shape index (κ1) is 20.7. The molecule has 0 aliphatic rings. The molecule has 2 aromatic carbocycles. The van der Waals surface area contributed by atoms with E-state index in [2.05, 4.69) is 20.9 Å². The van der Waals surface area contributed by atoms with E-state index in [-0.39, 0.29) is 33.9 Å². The van der Waals surface area contributed by atoms with Crippen LogP contribution < -0.4 is 10.3 Å². The lowest BCUT2D eigenvalue weighted by Gasteiger charge is -2.14. The fraction of sp³-hybridized carbons (Fsp3) is 0.150. The summed E-state index contributed by atoms with van der Waals surface area (Å²) in [6.07, 6.45) is 0. The quantitative estimate of drug-likeness (QED) is 0.534. The van der Waals surface area contributed by atoms with Crippen LogP contribution in [-0.2, 0) is 11.3 Å². The predicted octanol–water partition coefficient (Wildman–Crippen LogP) is 3.95. The Labute approximate surface area is 172 Å². The molecule has 0 amide bonds. The van der Waals surface area contributed by atoms with Crippen LogP contribution in [-0.4, -0.2) is 22.6 Å². The van der Waals surface area contributed by atoms with E-state index in [0.717, 1.165) is 12.1 Å². The predicted molar refractivity (Wildman–Crippen MR) is 104 cm³/mol. The minimum absolute atomic E-state index is 0.0223. The first-order chi connectivity index (χ1) is 13.8. The smallest absolute Gasteiger partial charge is 0.337 e. The minimum atomic E-state index is -0.759. The molecule has 0 spiro atoms. The van der Waals surface area contributed by atoms with Gasteiger partial charge in [-0.1, -0.05) is 6.07 Å². The molecule has 0 N–H and O–H groups in total. The standard InChI is InChI=1S/C20H15BrF2N2O4/c1-11-24-18(29-10-13-6-7-14(22)9-16(13)23)17(21)19(26)25(11)15-5-3-4-12(8-15)20(27)28-2/h3-9H,10H2,1-2H3. The largest absolute Gasteiger partial charge is 0.472 e. The van der Waals surface area contributed by atoms with E-state index in [9.17, 15) is 18.4 Å². The Bertz CT molecular complexity index is 1150. The number of carbonyl (C=O) groups is 1. The number of rotatable bonds is 5. The van der Waals surface area contributed by atoms with Crippen LogP contribution in [0.4, 0.5) is 8.78 Å². The zero-order chi connectivity index (χ0) is 21.1. The van der Waals surface area contributed by atoms with Crippen LogP contribution in [0.2, 0.25) is 0 Å². The number of ether oxygens (including phenoxy) is 2. The minimum Gasteiger partial charge on any atom is -0.472 e. The highest BCUT2D eigenvalue weighted by atomic mass is 79.9. The molecule has 0 radical (unpaired) electrons. The summed E-state index contributed by atoms with van der Waals surface area (Å²) in [6, 6.07) is 9.44. The molecule has 1 heterocycles. The highest BCUT2D eigenvalue weighted by molar-refractivity contribution is 9.10. The van der Waals surface area contributed by atoms with Gasteiger partial charge < -0.3 is 9.47 Å². The monoisotopic (exact) mass is 464 g/mol. The Morgan fingerprint density at radius 1 is 1.21 bits per heavy atom. The lowest BCUT2D eigenvalue weighted by atomic mass is 10.2. The van der Waals surface area contributed by atoms with Gasteiger partial charge in [-0.05, 0) is 53.2 Å². The molecule has 0 unspecified atom stereocenters. The zero-order valence-corrected chi connectivity index (χ0v) is 17.0. The second kappa shape index (κ2) is 8.52. The molecule has 0 saturated heterocycles. The van der Waals surface area contributed by atoms with Crippen molar-refractivity contribution in [3.63, 3.8) is 0 Å². The van der Waals surface area contributed by atoms with Crippen molar-refractivity contribution in [2.75, 3.05) is 7.11 Å². The fourth-order valence-corrected chi connectivity index (χ4v) is 3.04. The summed E-state index contributed by atoms with van der Waals surface area (Å²) in [5, 5.41) is 0. The summed E-state index contributed by atoms with van der Waals surface area (Å²) in [5.74, 6) is -1.73. The van der Waals surface area contributed by atoms with Gasteiger partial charge in [-0.15, -0.1) is 0 Å². The van der Waals surface area contributed by atoms with Gasteiger partial charge in [0, 0.05) is 11.6 Å². The van der Waals surface area contributed by atoms with Crippen molar-refractivity contribution in [3.05, 3.63) is 85.9 Å². The van der Waals surface area contributed by atoms with E-state index in [1.165, 1.54) is 23.8 Å². The van der Waals surface area contributed by atoms with E-state index in [1.54, 1.807) is 25.1 Å². The number of hydrogen-bond acceptors (Lipinski definition) is 5. The normalized spacial score (nSPS) is 10.7. The second-order valence-electron chi connectivity index (χ2n) is 5.99. The molecule has 29 heavy (non-hydrogen) atoms. The molecule has 0 fully saturated rings. The molecular formula is C20H15BrF2N2O4. The Hall–Kier alpha value is -3.07. The van der Waals surface area contributed by atoms with Crippen LogP contribution in [0.25, 0.3) is 5.69 Å². The molecule has 0 atom stereocenters. The summed E-state index contributed by atoms with van der Waals surface area (Å²) >= 11 is 3.16. The van der Waals surface area contributed by atoms with Crippen molar-refractivity contribution in [1.29, 1.82) is 0 Å². The topological polar surface area (TPSA) is 70.4 Å². The second-order valence-corrected chi connectivity index (χ2v) is 6.78. The maximum Gasteiger partial charge on any atom is 0.337 e. The lowest BCUT2D eigenvalue weighted by molar-refractivity contribution is 0.0600. The van der Waals surface area contributed by atoms with Crippen molar-refractivity contribution in [1.82, 2.24) is 9.55 Å². The van der Waals surface area contributed by atoms with Gasteiger partial charge in [-0.2, -0.15) is 4.98 Å². The van der Waals surface area contributed by atoms with E-state index in [1.807, 2.05) is 0 Å². The number of aryl methyl sites for hydroxylation is 1. The number of esters is 1. The van der Waals surface area contributed by atoms with Crippen molar-refractivity contribution in [2.45, 2.75) is 13.5 Å². The molecule has 0 bridgehead atoms. The summed E-state index contributed by atoms with van der Waals surface area (Å²) in [5.41, 5.74) is 0.334. The highest BCUT2D eigenvalue weighted by Gasteiger charge is 2.17. The maximum atomic E-state index is 13.8. The summed E-state index contributed by atoms with van der Waals surface area (Å²) in [4.78, 5) is 28.8. The number of aromatic nitrogens is 2. The Morgan fingerprint density at radius 2 is 1.97 bits per heavy atom. The van der Waals surface area contributed by atoms with Crippen LogP contribution in [0.15, 0.2) is 51.7 Å². The number of nitrogens with zero attached hydrogens (tertiary/aromatic N) is 2. The molecule has 3 aromatic rings. The first-order valence-corrected chi connectivity index (χ1v) is 9.15. The lowest BCUT2D eigenvalue weighted by Crippen LogP contribution is -2.24. The summed E-state index contributed by atoms with van der Waals surface area (Å²) in [7, 11) is 1.26. The van der Waals surface area contributed by atoms with Gasteiger partial charge in [-0.25, -0.2) is 13.6 Å². The van der Waals surface area contributed by atoms with Crippen molar-refractivity contribution in [2.24, 2.45) is 0 Å². The average molecular weight is 465 g/mol. The molecule has 6 nitrogen and oxygen atoms in total. The third-order valence-electron chi connectivity index (χ3n) is 4.07. The van der Waals surface area contributed by atoms with Gasteiger partial charge >= 0.3 is 5.97 Å². The van der Waals surface area contributed by atoms with Crippen molar-refractivity contribution < 1.29 is 23.0 Å². The fourth-order valence-electron chi connectivity index (χ4n) is 2.66. The molecule has 150 valence electrons. The average Bonchev–Trinajstić information content (AvgIpc) is 2.70. The molecule has 0 aliphatic carbocycles. The van der Waals surface area contributed by atoms with Crippen molar-refractivity contribution >= 4 is 21.9 Å². The number of halogens is 3. The van der Waals surface area contributed by atoms with E-state index in [4.69, 9.17) is 9.47 Å². The van der Waals surface area contributed by atoms with Crippen molar-refractivity contribution in [3.8, 4) is 11.6 Å². The van der Waals surface area contributed by atoms with Gasteiger partial charge in [0.1, 0.15) is 28.5 Å². The number of benzene rings is 2. The molecule has 1 aromatic heterocycles. The summed E-state index contributed by atoms with van der Waals surface area (Å²) < 4.78 is 38.3. The van der Waals surface area contributed by atoms with Crippen LogP contribution in [0.5, 0.6) is 5.88 Å². The van der Waals surface area contributed by atoms with Gasteiger partial charge in [0.05, 0.1) is 18.4 Å². The SMILES string of the molecule is COC(=O)c1cccc(-n2c(C)nc(OCc3ccc(F)cc3F)c(Br)c2=O)c1. The maximum absolute atomic E-state index is 13.8. The Morgan fingerprint density at radius 3 is 2.66 bits per heavy atom. The van der Waals surface area contributed by atoms with Crippen LogP contribution in [0.3, 0.4) is 0 Å².